The lowest BCUT2D eigenvalue weighted by Crippen LogP contribution is -2.41. The van der Waals surface area contributed by atoms with Gasteiger partial charge in [0.1, 0.15) is 0 Å². The van der Waals surface area contributed by atoms with Crippen LogP contribution in [0.1, 0.15) is 27.7 Å². The van der Waals surface area contributed by atoms with E-state index in [9.17, 15) is 0 Å². The van der Waals surface area contributed by atoms with Crippen molar-refractivity contribution in [3.05, 3.63) is 0 Å². The minimum atomic E-state index is -0.208. The Kier molecular flexibility index (Phi) is 2.29. The molecule has 1 aliphatic rings. The summed E-state index contributed by atoms with van der Waals surface area (Å²) in [5, 5.41) is 0. The Bertz CT molecular complexity index is 143. The first-order chi connectivity index (χ1) is 4.89. The normalized spacial score (nSPS) is 27.5. The van der Waals surface area contributed by atoms with Gasteiger partial charge in [0.15, 0.2) is 0 Å². The second kappa shape index (κ2) is 2.68. The average molecular weight is 174 g/mol. The van der Waals surface area contributed by atoms with Crippen LogP contribution in [0.3, 0.4) is 0 Å². The van der Waals surface area contributed by atoms with Crippen molar-refractivity contribution in [1.82, 2.24) is 0 Å². The fourth-order valence-corrected chi connectivity index (χ4v) is 1.19. The van der Waals surface area contributed by atoms with Crippen LogP contribution < -0.4 is 0 Å². The summed E-state index contributed by atoms with van der Waals surface area (Å²) in [6, 6.07) is 0. The van der Waals surface area contributed by atoms with Gasteiger partial charge >= 0.3 is 7.12 Å². The third-order valence-electron chi connectivity index (χ3n) is 2.45. The summed E-state index contributed by atoms with van der Waals surface area (Å²) >= 11 is 4.12. The van der Waals surface area contributed by atoms with Crippen molar-refractivity contribution in [2.45, 2.75) is 38.9 Å². The lowest BCUT2D eigenvalue weighted by Gasteiger charge is -2.32. The molecule has 0 amide bonds. The number of thiol groups is 1. The fourth-order valence-electron chi connectivity index (χ4n) is 1.04. The summed E-state index contributed by atoms with van der Waals surface area (Å²) in [6.07, 6.45) is 0. The fraction of sp³-hybridized carbons (Fsp3) is 1.00. The van der Waals surface area contributed by atoms with Gasteiger partial charge in [0.05, 0.1) is 11.2 Å². The van der Waals surface area contributed by atoms with Crippen molar-refractivity contribution in [1.29, 1.82) is 0 Å². The molecule has 0 aliphatic carbocycles. The van der Waals surface area contributed by atoms with Gasteiger partial charge in [0, 0.05) is 5.65 Å². The van der Waals surface area contributed by atoms with Crippen molar-refractivity contribution in [3.8, 4) is 0 Å². The maximum Gasteiger partial charge on any atom is 0.468 e. The molecule has 0 bridgehead atoms. The number of hydrogen-bond donors (Lipinski definition) is 1. The number of hydrogen-bond acceptors (Lipinski definition) is 3. The summed E-state index contributed by atoms with van der Waals surface area (Å²) in [5.41, 5.74) is 0.202. The molecule has 0 aromatic carbocycles. The van der Waals surface area contributed by atoms with E-state index in [2.05, 4.69) is 12.6 Å². The van der Waals surface area contributed by atoms with E-state index >= 15 is 0 Å². The highest BCUT2D eigenvalue weighted by Crippen LogP contribution is 2.36. The van der Waals surface area contributed by atoms with Crippen LogP contribution >= 0.6 is 12.6 Å². The summed E-state index contributed by atoms with van der Waals surface area (Å²) in [5.74, 6) is 0. The SMILES string of the molecule is CC1(C)OB(CS)OC1(C)C. The zero-order chi connectivity index (χ0) is 8.70. The summed E-state index contributed by atoms with van der Waals surface area (Å²) < 4.78 is 11.2. The van der Waals surface area contributed by atoms with Crippen molar-refractivity contribution >= 4 is 19.7 Å². The van der Waals surface area contributed by atoms with Crippen molar-refractivity contribution in [3.63, 3.8) is 0 Å². The van der Waals surface area contributed by atoms with Gasteiger partial charge in [-0.2, -0.15) is 12.6 Å². The van der Waals surface area contributed by atoms with E-state index in [0.29, 0.717) is 5.65 Å². The first kappa shape index (κ1) is 9.42. The minimum absolute atomic E-state index is 0.150. The summed E-state index contributed by atoms with van der Waals surface area (Å²) in [4.78, 5) is 0. The molecular weight excluding hydrogens is 159 g/mol. The highest BCUT2D eigenvalue weighted by Gasteiger charge is 2.50. The van der Waals surface area contributed by atoms with Gasteiger partial charge in [-0.05, 0) is 27.7 Å². The quantitative estimate of drug-likeness (QED) is 0.480. The number of rotatable bonds is 1. The van der Waals surface area contributed by atoms with Gasteiger partial charge in [-0.3, -0.25) is 0 Å². The zero-order valence-electron chi connectivity index (χ0n) is 7.55. The molecule has 0 N–H and O–H groups in total. The molecule has 0 unspecified atom stereocenters. The third kappa shape index (κ3) is 1.58. The van der Waals surface area contributed by atoms with Crippen LogP contribution in [0.4, 0.5) is 0 Å². The molecule has 0 saturated carbocycles. The molecule has 4 heteroatoms. The van der Waals surface area contributed by atoms with Gasteiger partial charge in [-0.15, -0.1) is 0 Å². The summed E-state index contributed by atoms with van der Waals surface area (Å²) in [7, 11) is -0.150. The second-order valence-electron chi connectivity index (χ2n) is 3.87. The van der Waals surface area contributed by atoms with E-state index in [4.69, 9.17) is 9.31 Å². The lowest BCUT2D eigenvalue weighted by atomic mass is 9.90. The molecule has 0 atom stereocenters. The molecule has 0 aromatic heterocycles. The summed E-state index contributed by atoms with van der Waals surface area (Å²) in [6.45, 7) is 8.15. The van der Waals surface area contributed by atoms with Gasteiger partial charge in [0.2, 0.25) is 0 Å². The molecule has 0 spiro atoms. The van der Waals surface area contributed by atoms with Crippen LogP contribution in [0.15, 0.2) is 0 Å². The van der Waals surface area contributed by atoms with E-state index in [1.807, 2.05) is 27.7 Å². The van der Waals surface area contributed by atoms with Crippen molar-refractivity contribution in [2.75, 3.05) is 5.65 Å². The Hall–Kier alpha value is 0.335. The Morgan fingerprint density at radius 2 is 1.45 bits per heavy atom. The first-order valence-corrected chi connectivity index (χ1v) is 4.49. The van der Waals surface area contributed by atoms with Gasteiger partial charge < -0.3 is 9.31 Å². The average Bonchev–Trinajstić information content (AvgIpc) is 2.03. The standard InChI is InChI=1S/C7H15BO2S/c1-6(2)7(3,4)10-8(5-11)9-6/h11H,5H2,1-4H3. The predicted octanol–water partition coefficient (Wildman–Crippen LogP) is 1.55. The largest absolute Gasteiger partial charge is 0.468 e. The molecule has 0 aromatic rings. The van der Waals surface area contributed by atoms with E-state index in [0.717, 1.165) is 0 Å². The Morgan fingerprint density at radius 3 is 1.64 bits per heavy atom. The Balaban J connectivity index is 2.72. The highest BCUT2D eigenvalue weighted by molar-refractivity contribution is 7.81. The van der Waals surface area contributed by atoms with Crippen LogP contribution in [0, 0.1) is 0 Å². The van der Waals surface area contributed by atoms with E-state index in [1.165, 1.54) is 0 Å². The third-order valence-corrected chi connectivity index (χ3v) is 2.75. The molecule has 1 rings (SSSR count). The maximum absolute atomic E-state index is 5.61. The second-order valence-corrected chi connectivity index (χ2v) is 4.23. The lowest BCUT2D eigenvalue weighted by molar-refractivity contribution is 0.00578. The monoisotopic (exact) mass is 174 g/mol. The smallest absolute Gasteiger partial charge is 0.403 e. The van der Waals surface area contributed by atoms with Gasteiger partial charge in [0.25, 0.3) is 0 Å². The molecule has 0 radical (unpaired) electrons. The molecule has 1 fully saturated rings. The van der Waals surface area contributed by atoms with Crippen LogP contribution in [0.2, 0.25) is 0 Å². The van der Waals surface area contributed by atoms with Crippen LogP contribution in [-0.2, 0) is 9.31 Å². The Labute approximate surface area is 74.2 Å². The molecule has 2 nitrogen and oxygen atoms in total. The van der Waals surface area contributed by atoms with Crippen LogP contribution in [0.25, 0.3) is 0 Å². The highest BCUT2D eigenvalue weighted by atomic mass is 32.1. The molecule has 64 valence electrons. The van der Waals surface area contributed by atoms with Crippen LogP contribution in [-0.4, -0.2) is 24.0 Å². The maximum atomic E-state index is 5.61. The molecule has 1 aliphatic heterocycles. The van der Waals surface area contributed by atoms with Gasteiger partial charge in [-0.1, -0.05) is 0 Å². The molecule has 1 heterocycles. The molecular formula is C7H15BO2S. The minimum Gasteiger partial charge on any atom is -0.403 e. The zero-order valence-corrected chi connectivity index (χ0v) is 8.44. The van der Waals surface area contributed by atoms with E-state index in [-0.39, 0.29) is 18.3 Å². The van der Waals surface area contributed by atoms with Crippen molar-refractivity contribution in [2.24, 2.45) is 0 Å². The van der Waals surface area contributed by atoms with Crippen LogP contribution in [0.5, 0.6) is 0 Å². The molecule has 1 saturated heterocycles. The van der Waals surface area contributed by atoms with Gasteiger partial charge in [-0.25, -0.2) is 0 Å². The van der Waals surface area contributed by atoms with E-state index in [1.54, 1.807) is 0 Å². The first-order valence-electron chi connectivity index (χ1n) is 3.85. The van der Waals surface area contributed by atoms with Crippen molar-refractivity contribution < 1.29 is 9.31 Å². The topological polar surface area (TPSA) is 18.5 Å². The predicted molar refractivity (Wildman–Crippen MR) is 49.9 cm³/mol. The van der Waals surface area contributed by atoms with E-state index < -0.39 is 0 Å². The molecule has 11 heavy (non-hydrogen) atoms. The Morgan fingerprint density at radius 1 is 1.09 bits per heavy atom.